The normalized spacial score (nSPS) is 11.4. The molecule has 25 heavy (non-hydrogen) atoms. The third-order valence-corrected chi connectivity index (χ3v) is 6.09. The topological polar surface area (TPSA) is 120 Å². The first-order valence-electron chi connectivity index (χ1n) is 7.24. The summed E-state index contributed by atoms with van der Waals surface area (Å²) in [6.45, 7) is 6.14. The summed E-state index contributed by atoms with van der Waals surface area (Å²) in [4.78, 5) is 20.2. The van der Waals surface area contributed by atoms with Gasteiger partial charge in [0.15, 0.2) is 0 Å². The smallest absolute Gasteiger partial charge is 0.258 e. The molecule has 0 aromatic heterocycles. The molecule has 0 amide bonds. The van der Waals surface area contributed by atoms with Gasteiger partial charge in [-0.2, -0.15) is 0 Å². The molecule has 0 saturated heterocycles. The fourth-order valence-corrected chi connectivity index (χ4v) is 4.25. The van der Waals surface area contributed by atoms with E-state index >= 15 is 0 Å². The molecule has 0 aliphatic heterocycles. The third kappa shape index (κ3) is 2.98. The van der Waals surface area contributed by atoms with Crippen molar-refractivity contribution in [3.05, 3.63) is 66.7 Å². The van der Waals surface area contributed by atoms with Gasteiger partial charge in [-0.25, -0.2) is 8.42 Å². The van der Waals surface area contributed by atoms with E-state index in [1.165, 1.54) is 26.0 Å². The number of sulfone groups is 1. The second-order valence-corrected chi connectivity index (χ2v) is 7.61. The summed E-state index contributed by atoms with van der Waals surface area (Å²) in [5, 5.41) is 22.8. The minimum absolute atomic E-state index is 0.206. The summed E-state index contributed by atoms with van der Waals surface area (Å²) in [7, 11) is -4.45. The number of nitro benzene ring substituents is 2. The van der Waals surface area contributed by atoms with Gasteiger partial charge in [-0.15, -0.1) is 0 Å². The number of rotatable bonds is 4. The molecular formula is C16H16N2O6S. The van der Waals surface area contributed by atoms with Crippen molar-refractivity contribution < 1.29 is 18.3 Å². The highest BCUT2D eigenvalue weighted by Crippen LogP contribution is 2.38. The fraction of sp³-hybridized carbons (Fsp3) is 0.250. The molecule has 0 heterocycles. The van der Waals surface area contributed by atoms with Crippen LogP contribution >= 0.6 is 0 Å². The van der Waals surface area contributed by atoms with Gasteiger partial charge >= 0.3 is 0 Å². The summed E-state index contributed by atoms with van der Waals surface area (Å²) in [5.74, 6) is 0. The van der Waals surface area contributed by atoms with Crippen LogP contribution in [0.4, 0.5) is 11.4 Å². The molecular weight excluding hydrogens is 348 g/mol. The highest BCUT2D eigenvalue weighted by atomic mass is 32.2. The summed E-state index contributed by atoms with van der Waals surface area (Å²) >= 11 is 0. The van der Waals surface area contributed by atoms with Crippen LogP contribution in [-0.2, 0) is 9.84 Å². The minimum atomic E-state index is -4.45. The second-order valence-electron chi connectivity index (χ2n) is 5.73. The Balaban J connectivity index is 2.92. The number of benzene rings is 2. The SMILES string of the molecule is Cc1ccc(S(=O)(=O)c2ccc(C)c(C)c2[N+](=O)[O-])c([N+](=O)[O-])c1C. The summed E-state index contributed by atoms with van der Waals surface area (Å²) in [5.41, 5.74) is 0.399. The van der Waals surface area contributed by atoms with Crippen molar-refractivity contribution in [3.8, 4) is 0 Å². The lowest BCUT2D eigenvalue weighted by Gasteiger charge is -2.11. The lowest BCUT2D eigenvalue weighted by molar-refractivity contribution is -0.389. The summed E-state index contributed by atoms with van der Waals surface area (Å²) in [6.07, 6.45) is 0. The van der Waals surface area contributed by atoms with Gasteiger partial charge in [0, 0.05) is 11.1 Å². The average Bonchev–Trinajstić information content (AvgIpc) is 2.51. The van der Waals surface area contributed by atoms with Crippen molar-refractivity contribution in [3.63, 3.8) is 0 Å². The third-order valence-electron chi connectivity index (χ3n) is 4.27. The molecule has 8 nitrogen and oxygen atoms in total. The lowest BCUT2D eigenvalue weighted by atomic mass is 10.1. The first-order valence-corrected chi connectivity index (χ1v) is 8.72. The maximum Gasteiger partial charge on any atom is 0.291 e. The Hall–Kier alpha value is -2.81. The van der Waals surface area contributed by atoms with E-state index in [1.807, 2.05) is 0 Å². The zero-order valence-electron chi connectivity index (χ0n) is 14.1. The Morgan fingerprint density at radius 1 is 0.720 bits per heavy atom. The van der Waals surface area contributed by atoms with Gasteiger partial charge in [-0.3, -0.25) is 20.2 Å². The number of nitro groups is 2. The van der Waals surface area contributed by atoms with Crippen LogP contribution in [0.15, 0.2) is 34.1 Å². The van der Waals surface area contributed by atoms with Gasteiger partial charge in [-0.1, -0.05) is 12.1 Å². The molecule has 9 heteroatoms. The highest BCUT2D eigenvalue weighted by molar-refractivity contribution is 7.91. The number of hydrogen-bond acceptors (Lipinski definition) is 6. The van der Waals surface area contributed by atoms with Crippen LogP contribution in [-0.4, -0.2) is 18.3 Å². The molecule has 0 fully saturated rings. The Kier molecular flexibility index (Phi) is 4.63. The van der Waals surface area contributed by atoms with E-state index < -0.39 is 40.8 Å². The van der Waals surface area contributed by atoms with E-state index in [1.54, 1.807) is 13.8 Å². The van der Waals surface area contributed by atoms with Crippen molar-refractivity contribution in [2.24, 2.45) is 0 Å². The zero-order chi connectivity index (χ0) is 19.1. The largest absolute Gasteiger partial charge is 0.291 e. The molecule has 0 radical (unpaired) electrons. The first-order chi connectivity index (χ1) is 11.5. The molecule has 0 bridgehead atoms. The molecule has 2 aromatic rings. The van der Waals surface area contributed by atoms with Crippen LogP contribution in [0.3, 0.4) is 0 Å². The molecule has 2 aromatic carbocycles. The van der Waals surface area contributed by atoms with Crippen molar-refractivity contribution in [1.82, 2.24) is 0 Å². The molecule has 0 spiro atoms. The molecule has 0 unspecified atom stereocenters. The molecule has 0 atom stereocenters. The predicted octanol–water partition coefficient (Wildman–Crippen LogP) is 3.57. The van der Waals surface area contributed by atoms with Gasteiger partial charge in [0.1, 0.15) is 9.79 Å². The van der Waals surface area contributed by atoms with Crippen LogP contribution in [0, 0.1) is 47.9 Å². The zero-order valence-corrected chi connectivity index (χ0v) is 14.9. The maximum absolute atomic E-state index is 13.0. The molecule has 0 N–H and O–H groups in total. The monoisotopic (exact) mass is 364 g/mol. The molecule has 132 valence electrons. The van der Waals surface area contributed by atoms with E-state index in [4.69, 9.17) is 0 Å². The Morgan fingerprint density at radius 3 is 1.32 bits per heavy atom. The Bertz CT molecular complexity index is 936. The Morgan fingerprint density at radius 2 is 1.04 bits per heavy atom. The number of nitrogens with zero attached hydrogens (tertiary/aromatic N) is 2. The van der Waals surface area contributed by atoms with Crippen molar-refractivity contribution in [2.45, 2.75) is 37.5 Å². The van der Waals surface area contributed by atoms with Crippen molar-refractivity contribution in [2.75, 3.05) is 0 Å². The molecule has 0 saturated carbocycles. The van der Waals surface area contributed by atoms with E-state index in [2.05, 4.69) is 0 Å². The van der Waals surface area contributed by atoms with Gasteiger partial charge in [0.05, 0.1) is 9.85 Å². The van der Waals surface area contributed by atoms with Crippen LogP contribution in [0.5, 0.6) is 0 Å². The standard InChI is InChI=1S/C16H16N2O6S/c1-9-5-7-13(15(11(9)3)17(19)20)25(23,24)14-8-6-10(2)12(4)16(14)18(21)22/h5-8H,1-4H3. The quantitative estimate of drug-likeness (QED) is 0.604. The van der Waals surface area contributed by atoms with Crippen LogP contribution in [0.1, 0.15) is 22.3 Å². The van der Waals surface area contributed by atoms with Crippen molar-refractivity contribution in [1.29, 1.82) is 0 Å². The Labute approximate surface area is 144 Å². The van der Waals surface area contributed by atoms with E-state index in [9.17, 15) is 28.6 Å². The second kappa shape index (κ2) is 6.25. The number of aryl methyl sites for hydroxylation is 2. The first kappa shape index (κ1) is 18.5. The summed E-state index contributed by atoms with van der Waals surface area (Å²) in [6, 6.07) is 5.13. The molecule has 0 aliphatic rings. The van der Waals surface area contributed by atoms with Gasteiger partial charge in [0.25, 0.3) is 11.4 Å². The van der Waals surface area contributed by atoms with Crippen LogP contribution in [0.2, 0.25) is 0 Å². The van der Waals surface area contributed by atoms with Gasteiger partial charge < -0.3 is 0 Å². The van der Waals surface area contributed by atoms with Crippen LogP contribution in [0.25, 0.3) is 0 Å². The number of hydrogen-bond donors (Lipinski definition) is 0. The van der Waals surface area contributed by atoms with Crippen molar-refractivity contribution >= 4 is 21.2 Å². The molecule has 0 aliphatic carbocycles. The lowest BCUT2D eigenvalue weighted by Crippen LogP contribution is -2.11. The van der Waals surface area contributed by atoms with E-state index in [0.717, 1.165) is 12.1 Å². The summed E-state index contributed by atoms with van der Waals surface area (Å²) < 4.78 is 26.0. The fourth-order valence-electron chi connectivity index (χ4n) is 2.56. The van der Waals surface area contributed by atoms with Gasteiger partial charge in [0.2, 0.25) is 9.84 Å². The predicted molar refractivity (Wildman–Crippen MR) is 90.6 cm³/mol. The highest BCUT2D eigenvalue weighted by Gasteiger charge is 2.35. The average molecular weight is 364 g/mol. The maximum atomic E-state index is 13.0. The van der Waals surface area contributed by atoms with Crippen LogP contribution < -0.4 is 0 Å². The minimum Gasteiger partial charge on any atom is -0.258 e. The van der Waals surface area contributed by atoms with E-state index in [0.29, 0.717) is 11.1 Å². The van der Waals surface area contributed by atoms with Gasteiger partial charge in [-0.05, 0) is 51.0 Å². The van der Waals surface area contributed by atoms with E-state index in [-0.39, 0.29) is 11.1 Å². The molecule has 2 rings (SSSR count).